The Bertz CT molecular complexity index is 1200. The normalized spacial score (nSPS) is 12.0. The maximum absolute atomic E-state index is 13.9. The number of nitrogens with one attached hydrogen (secondary N) is 1. The number of unbranched alkanes of at least 4 members (excludes halogenated alkanes) is 5. The third-order valence-corrected chi connectivity index (χ3v) is 8.84. The summed E-state index contributed by atoms with van der Waals surface area (Å²) >= 11 is 0. The summed E-state index contributed by atoms with van der Waals surface area (Å²) in [5.74, 6) is -0.169. The van der Waals surface area contributed by atoms with E-state index < -0.39 is 10.0 Å². The Labute approximate surface area is 237 Å². The van der Waals surface area contributed by atoms with Crippen LogP contribution in [0.25, 0.3) is 0 Å². The molecule has 2 N–H and O–H groups in total. The molecule has 1 amide bonds. The molecule has 7 heteroatoms. The van der Waals surface area contributed by atoms with Crippen molar-refractivity contribution < 1.29 is 18.3 Å². The Morgan fingerprint density at radius 2 is 1.41 bits per heavy atom. The molecule has 0 atom stereocenters. The van der Waals surface area contributed by atoms with E-state index in [-0.39, 0.29) is 40.7 Å². The highest BCUT2D eigenvalue weighted by molar-refractivity contribution is 7.92. The second kappa shape index (κ2) is 14.2. The quantitative estimate of drug-likeness (QED) is 0.180. The molecule has 0 fully saturated rings. The first-order valence-electron chi connectivity index (χ1n) is 14.5. The number of phenolic OH excluding ortho intramolecular Hbond substituents is 1. The van der Waals surface area contributed by atoms with Crippen LogP contribution < -0.4 is 4.72 Å². The van der Waals surface area contributed by atoms with Gasteiger partial charge in [0, 0.05) is 13.6 Å². The molecule has 2 aromatic rings. The number of hydrogen-bond acceptors (Lipinski definition) is 4. The van der Waals surface area contributed by atoms with Crippen LogP contribution in [0.1, 0.15) is 137 Å². The molecule has 0 spiro atoms. The van der Waals surface area contributed by atoms with Crippen LogP contribution in [-0.4, -0.2) is 37.9 Å². The predicted octanol–water partition coefficient (Wildman–Crippen LogP) is 8.30. The highest BCUT2D eigenvalue weighted by Gasteiger charge is 2.28. The SMILES string of the molecule is CCCCCCCCN(C)C(=O)c1cc(NS(=O)(=O)c2c(C(C)C)cc(C(C)C)cc2C(C)C)cc(C)c1O. The summed E-state index contributed by atoms with van der Waals surface area (Å²) in [5, 5.41) is 10.7. The Balaban J connectivity index is 2.42. The number of benzene rings is 2. The zero-order valence-electron chi connectivity index (χ0n) is 25.5. The number of amides is 1. The lowest BCUT2D eigenvalue weighted by Gasteiger charge is -2.23. The fourth-order valence-corrected chi connectivity index (χ4v) is 6.58. The van der Waals surface area contributed by atoms with Gasteiger partial charge < -0.3 is 10.0 Å². The first kappa shape index (κ1) is 32.7. The largest absolute Gasteiger partial charge is 0.507 e. The number of nitrogens with zero attached hydrogens (tertiary/aromatic N) is 1. The van der Waals surface area contributed by atoms with Crippen molar-refractivity contribution in [3.05, 3.63) is 52.1 Å². The van der Waals surface area contributed by atoms with Gasteiger partial charge in [-0.3, -0.25) is 9.52 Å². The van der Waals surface area contributed by atoms with Gasteiger partial charge in [-0.2, -0.15) is 0 Å². The lowest BCUT2D eigenvalue weighted by atomic mass is 9.89. The van der Waals surface area contributed by atoms with Gasteiger partial charge in [0.1, 0.15) is 5.75 Å². The third kappa shape index (κ3) is 8.47. The van der Waals surface area contributed by atoms with Crippen LogP contribution in [0.15, 0.2) is 29.2 Å². The molecule has 0 aliphatic heterocycles. The molecule has 0 heterocycles. The van der Waals surface area contributed by atoms with Crippen molar-refractivity contribution in [1.82, 2.24) is 4.90 Å². The summed E-state index contributed by atoms with van der Waals surface area (Å²) in [5.41, 5.74) is 3.48. The number of anilines is 1. The molecule has 39 heavy (non-hydrogen) atoms. The smallest absolute Gasteiger partial charge is 0.262 e. The van der Waals surface area contributed by atoms with Crippen molar-refractivity contribution in [2.24, 2.45) is 0 Å². The van der Waals surface area contributed by atoms with E-state index in [1.807, 2.05) is 39.8 Å². The zero-order valence-corrected chi connectivity index (χ0v) is 26.3. The minimum Gasteiger partial charge on any atom is -0.507 e. The van der Waals surface area contributed by atoms with Crippen LogP contribution in [0, 0.1) is 6.92 Å². The molecule has 0 bridgehead atoms. The van der Waals surface area contributed by atoms with Gasteiger partial charge in [0.05, 0.1) is 16.1 Å². The Kier molecular flexibility index (Phi) is 11.9. The number of rotatable bonds is 14. The molecule has 0 aliphatic carbocycles. The van der Waals surface area contributed by atoms with E-state index in [1.54, 1.807) is 24.9 Å². The van der Waals surface area contributed by atoms with Crippen LogP contribution in [0.3, 0.4) is 0 Å². The lowest BCUT2D eigenvalue weighted by molar-refractivity contribution is 0.0789. The molecule has 2 aromatic carbocycles. The molecule has 0 saturated carbocycles. The molecule has 0 aromatic heterocycles. The fraction of sp³-hybridized carbons (Fsp3) is 0.594. The number of carbonyl (C=O) groups is 1. The Hall–Kier alpha value is -2.54. The average molecular weight is 559 g/mol. The maximum Gasteiger partial charge on any atom is 0.262 e. The first-order valence-corrected chi connectivity index (χ1v) is 16.0. The Morgan fingerprint density at radius 1 is 0.872 bits per heavy atom. The molecule has 0 unspecified atom stereocenters. The molecular formula is C32H50N2O4S. The third-order valence-electron chi connectivity index (χ3n) is 7.33. The van der Waals surface area contributed by atoms with E-state index in [0.717, 1.165) is 36.0 Å². The Morgan fingerprint density at radius 3 is 1.92 bits per heavy atom. The van der Waals surface area contributed by atoms with Crippen molar-refractivity contribution in [2.45, 2.75) is 117 Å². The van der Waals surface area contributed by atoms with Gasteiger partial charge in [0.25, 0.3) is 15.9 Å². The number of phenols is 1. The topological polar surface area (TPSA) is 86.7 Å². The second-order valence-corrected chi connectivity index (χ2v) is 13.4. The lowest BCUT2D eigenvalue weighted by Crippen LogP contribution is -2.28. The monoisotopic (exact) mass is 558 g/mol. The van der Waals surface area contributed by atoms with Crippen LogP contribution >= 0.6 is 0 Å². The number of carbonyl (C=O) groups excluding carboxylic acids is 1. The standard InChI is InChI=1S/C32H50N2O4S/c1-10-11-12-13-14-15-16-34(9)32(36)29-20-26(17-24(8)30(29)35)33-39(37,38)31-27(22(4)5)18-25(21(2)3)19-28(31)23(6)7/h17-23,33,35H,10-16H2,1-9H3. The summed E-state index contributed by atoms with van der Waals surface area (Å²) in [6, 6.07) is 7.03. The van der Waals surface area contributed by atoms with Gasteiger partial charge in [0.15, 0.2) is 0 Å². The van der Waals surface area contributed by atoms with E-state index in [9.17, 15) is 18.3 Å². The van der Waals surface area contributed by atoms with E-state index in [0.29, 0.717) is 17.0 Å². The number of aromatic hydroxyl groups is 1. The van der Waals surface area contributed by atoms with Gasteiger partial charge >= 0.3 is 0 Å². The van der Waals surface area contributed by atoms with E-state index in [4.69, 9.17) is 0 Å². The first-order chi connectivity index (χ1) is 18.2. The molecule has 218 valence electrons. The summed E-state index contributed by atoms with van der Waals surface area (Å²) in [6.07, 6.45) is 6.70. The van der Waals surface area contributed by atoms with Gasteiger partial charge in [-0.05, 0) is 65.5 Å². The van der Waals surface area contributed by atoms with Crippen LogP contribution in [-0.2, 0) is 10.0 Å². The highest BCUT2D eigenvalue weighted by atomic mass is 32.2. The molecule has 0 aliphatic rings. The average Bonchev–Trinajstić information content (AvgIpc) is 2.86. The minimum absolute atomic E-state index is 0.00194. The second-order valence-electron chi connectivity index (χ2n) is 11.8. The van der Waals surface area contributed by atoms with Gasteiger partial charge in [-0.25, -0.2) is 8.42 Å². The number of hydrogen-bond donors (Lipinski definition) is 2. The minimum atomic E-state index is -3.98. The number of aryl methyl sites for hydroxylation is 1. The summed E-state index contributed by atoms with van der Waals surface area (Å²) in [6.45, 7) is 16.7. The van der Waals surface area contributed by atoms with E-state index in [2.05, 4.69) is 25.5 Å². The van der Waals surface area contributed by atoms with Crippen LogP contribution in [0.4, 0.5) is 5.69 Å². The fourth-order valence-electron chi connectivity index (χ4n) is 4.84. The van der Waals surface area contributed by atoms with Gasteiger partial charge in [0.2, 0.25) is 0 Å². The summed E-state index contributed by atoms with van der Waals surface area (Å²) in [7, 11) is -2.26. The molecule has 0 radical (unpaired) electrons. The molecule has 2 rings (SSSR count). The highest BCUT2D eigenvalue weighted by Crippen LogP contribution is 2.37. The summed E-state index contributed by atoms with van der Waals surface area (Å²) < 4.78 is 30.6. The van der Waals surface area contributed by atoms with Crippen molar-refractivity contribution >= 4 is 21.6 Å². The van der Waals surface area contributed by atoms with Crippen molar-refractivity contribution in [3.8, 4) is 5.75 Å². The van der Waals surface area contributed by atoms with Gasteiger partial charge in [-0.15, -0.1) is 0 Å². The van der Waals surface area contributed by atoms with Crippen molar-refractivity contribution in [3.63, 3.8) is 0 Å². The molecule has 0 saturated heterocycles. The van der Waals surface area contributed by atoms with E-state index in [1.165, 1.54) is 25.3 Å². The zero-order chi connectivity index (χ0) is 29.5. The number of sulfonamides is 1. The van der Waals surface area contributed by atoms with Crippen LogP contribution in [0.2, 0.25) is 0 Å². The maximum atomic E-state index is 13.9. The van der Waals surface area contributed by atoms with Crippen molar-refractivity contribution in [1.29, 1.82) is 0 Å². The van der Waals surface area contributed by atoms with Gasteiger partial charge in [-0.1, -0.05) is 92.7 Å². The van der Waals surface area contributed by atoms with E-state index >= 15 is 0 Å². The molecular weight excluding hydrogens is 508 g/mol. The summed E-state index contributed by atoms with van der Waals surface area (Å²) in [4.78, 5) is 15.2. The van der Waals surface area contributed by atoms with Crippen molar-refractivity contribution in [2.75, 3.05) is 18.3 Å². The van der Waals surface area contributed by atoms with Crippen LogP contribution in [0.5, 0.6) is 5.75 Å². The molecule has 6 nitrogen and oxygen atoms in total. The predicted molar refractivity (Wildman–Crippen MR) is 163 cm³/mol.